The number of nitrogens with zero attached hydrogens (tertiary/aromatic N) is 2. The topological polar surface area (TPSA) is 250 Å². The van der Waals surface area contributed by atoms with Crippen molar-refractivity contribution in [1.82, 2.24) is 9.55 Å². The van der Waals surface area contributed by atoms with Crippen molar-refractivity contribution in [3.8, 4) is 0 Å². The van der Waals surface area contributed by atoms with Crippen LogP contribution >= 0.6 is 23.5 Å². The van der Waals surface area contributed by atoms with Gasteiger partial charge < -0.3 is 35.2 Å². The van der Waals surface area contributed by atoms with E-state index in [1.54, 1.807) is 0 Å². The molecule has 2 unspecified atom stereocenters. The van der Waals surface area contributed by atoms with Crippen LogP contribution in [0.1, 0.15) is 27.0 Å². The molecule has 186 valence electrons. The summed E-state index contributed by atoms with van der Waals surface area (Å²) in [7, 11) is -17.1. The van der Waals surface area contributed by atoms with E-state index >= 15 is 0 Å². The molecule has 0 spiro atoms. The molecule has 1 rings (SSSR count). The predicted octanol–water partition coefficient (Wildman–Crippen LogP) is 0.278. The van der Waals surface area contributed by atoms with E-state index in [-0.39, 0.29) is 4.57 Å². The van der Waals surface area contributed by atoms with E-state index in [1.165, 1.54) is 0 Å². The number of phosphoric ester groups is 1. The molecule has 1 aromatic heterocycles. The molecule has 32 heavy (non-hydrogen) atoms. The van der Waals surface area contributed by atoms with Gasteiger partial charge in [-0.3, -0.25) is 9.09 Å². The number of ether oxygens (including phenoxy) is 1. The number of hydrogen-bond donors (Lipinski definition) is 6. The third-order valence-electron chi connectivity index (χ3n) is 3.16. The first kappa shape index (κ1) is 28.9. The number of alkyl halides is 1. The Kier molecular flexibility index (Phi) is 9.04. The van der Waals surface area contributed by atoms with Crippen LogP contribution in [0.2, 0.25) is 0 Å². The lowest BCUT2D eigenvalue weighted by atomic mass is 10.1. The second-order valence-corrected chi connectivity index (χ2v) is 10.9. The van der Waals surface area contributed by atoms with E-state index in [0.717, 1.165) is 20.8 Å². The van der Waals surface area contributed by atoms with E-state index in [4.69, 9.17) is 25.2 Å². The van der Waals surface area contributed by atoms with Gasteiger partial charge in [-0.05, 0) is 20.8 Å². The van der Waals surface area contributed by atoms with Gasteiger partial charge in [0.2, 0.25) is 0 Å². The van der Waals surface area contributed by atoms with Crippen LogP contribution in [0, 0.1) is 5.82 Å². The molecule has 7 N–H and O–H groups in total. The first-order chi connectivity index (χ1) is 14.1. The zero-order chi connectivity index (χ0) is 25.3. The Labute approximate surface area is 178 Å². The number of anilines is 1. The summed E-state index contributed by atoms with van der Waals surface area (Å²) in [5.41, 5.74) is 1.34. The van der Waals surface area contributed by atoms with Crippen LogP contribution < -0.4 is 11.4 Å². The second-order valence-electron chi connectivity index (χ2n) is 6.51. The van der Waals surface area contributed by atoms with Crippen LogP contribution in [0.5, 0.6) is 0 Å². The number of aliphatic hydroxyl groups excluding tert-OH is 1. The first-order valence-corrected chi connectivity index (χ1v) is 12.5. The molecular formula is C11H20F2N3O13P3. The Morgan fingerprint density at radius 3 is 2.16 bits per heavy atom. The summed E-state index contributed by atoms with van der Waals surface area (Å²) >= 11 is 0. The number of nitrogen functional groups attached to an aromatic ring is 1. The molecule has 1 heterocycles. The summed E-state index contributed by atoms with van der Waals surface area (Å²) in [6, 6.07) is 0. The lowest BCUT2D eigenvalue weighted by Crippen LogP contribution is -2.43. The van der Waals surface area contributed by atoms with Crippen molar-refractivity contribution in [1.29, 1.82) is 0 Å². The van der Waals surface area contributed by atoms with Crippen LogP contribution in [0.3, 0.4) is 0 Å². The maximum Gasteiger partial charge on any atom is 0.490 e. The molecule has 0 saturated carbocycles. The van der Waals surface area contributed by atoms with Gasteiger partial charge in [-0.1, -0.05) is 0 Å². The van der Waals surface area contributed by atoms with E-state index in [1.807, 2.05) is 0 Å². The Balaban J connectivity index is 3.05. The van der Waals surface area contributed by atoms with Crippen molar-refractivity contribution in [3.63, 3.8) is 0 Å². The number of halogens is 2. The Bertz CT molecular complexity index is 1020. The Hall–Kier alpha value is -1.13. The molecular weight excluding hydrogens is 513 g/mol. The highest BCUT2D eigenvalue weighted by molar-refractivity contribution is 7.66. The van der Waals surface area contributed by atoms with Crippen LogP contribution in [-0.4, -0.2) is 52.3 Å². The molecule has 0 aliphatic heterocycles. The number of rotatable bonds is 11. The largest absolute Gasteiger partial charge is 0.490 e. The average Bonchev–Trinajstić information content (AvgIpc) is 2.50. The molecule has 0 bridgehead atoms. The molecule has 21 heteroatoms. The van der Waals surface area contributed by atoms with Gasteiger partial charge in [0.25, 0.3) is 0 Å². The number of aromatic nitrogens is 2. The van der Waals surface area contributed by atoms with Crippen molar-refractivity contribution in [3.05, 3.63) is 22.5 Å². The number of hydrogen-bond acceptors (Lipinski definition) is 11. The van der Waals surface area contributed by atoms with Crippen molar-refractivity contribution < 1.29 is 65.0 Å². The third kappa shape index (κ3) is 9.02. The van der Waals surface area contributed by atoms with E-state index < -0.39 is 65.1 Å². The second kappa shape index (κ2) is 10.0. The smallest absolute Gasteiger partial charge is 0.381 e. The standard InChI is InChI=1S/C11H20F2N3O13P3/c1-5(27-31(22,23)29-32(24,25)28-30(19,20)21)8(17)26-9(11(2,3)13)16-4-6(12)7(14)15-10(16)18/h4-5,8-9,17H,1-3H3,(H,22,23)(H,24,25)(H2,14,15,18)(H2,19,20,21)/t5-,8+,9+/m0/s1. The summed E-state index contributed by atoms with van der Waals surface area (Å²) in [4.78, 5) is 50.5. The van der Waals surface area contributed by atoms with Gasteiger partial charge in [0.05, 0.1) is 6.20 Å². The molecule has 0 amide bonds. The fraction of sp³-hybridized carbons (Fsp3) is 0.636. The van der Waals surface area contributed by atoms with Gasteiger partial charge in [0.1, 0.15) is 6.10 Å². The minimum atomic E-state index is -5.83. The quantitative estimate of drug-likeness (QED) is 0.165. The average molecular weight is 533 g/mol. The number of aliphatic hydroxyl groups is 1. The van der Waals surface area contributed by atoms with Crippen LogP contribution in [0.25, 0.3) is 0 Å². The summed E-state index contributed by atoms with van der Waals surface area (Å²) < 4.78 is 78.4. The van der Waals surface area contributed by atoms with Crippen molar-refractivity contribution in [2.45, 2.75) is 45.1 Å². The SMILES string of the molecule is C[C@H](OP(=O)(O)OP(=O)(O)OP(=O)(O)O)[C@H](O)O[C@@H](n1cc(F)c(N)nc1=O)C(C)(C)F. The van der Waals surface area contributed by atoms with Crippen LogP contribution in [-0.2, 0) is 31.6 Å². The van der Waals surface area contributed by atoms with Crippen molar-refractivity contribution >= 4 is 29.3 Å². The van der Waals surface area contributed by atoms with Gasteiger partial charge in [-0.2, -0.15) is 13.6 Å². The molecule has 0 aliphatic carbocycles. The maximum absolute atomic E-state index is 14.6. The fourth-order valence-electron chi connectivity index (χ4n) is 1.99. The summed E-state index contributed by atoms with van der Waals surface area (Å²) in [6.07, 6.45) is -6.02. The monoisotopic (exact) mass is 533 g/mol. The summed E-state index contributed by atoms with van der Waals surface area (Å²) in [5, 5.41) is 10.0. The summed E-state index contributed by atoms with van der Waals surface area (Å²) in [6.45, 7) is 2.53. The molecule has 0 radical (unpaired) electrons. The minimum absolute atomic E-state index is 0.284. The third-order valence-corrected chi connectivity index (χ3v) is 7.09. The molecule has 16 nitrogen and oxygen atoms in total. The summed E-state index contributed by atoms with van der Waals surface area (Å²) in [5.74, 6) is -2.04. The normalized spacial score (nSPS) is 19.6. The lowest BCUT2D eigenvalue weighted by Gasteiger charge is -2.32. The highest BCUT2D eigenvalue weighted by Gasteiger charge is 2.43. The highest BCUT2D eigenvalue weighted by atomic mass is 31.3. The molecule has 1 aromatic rings. The number of nitrogens with two attached hydrogens (primary N) is 1. The molecule has 0 aliphatic rings. The zero-order valence-electron chi connectivity index (χ0n) is 16.4. The molecule has 0 saturated heterocycles. The fourth-order valence-corrected chi connectivity index (χ4v) is 5.17. The lowest BCUT2D eigenvalue weighted by molar-refractivity contribution is -0.229. The Morgan fingerprint density at radius 2 is 1.69 bits per heavy atom. The van der Waals surface area contributed by atoms with Gasteiger partial charge in [0, 0.05) is 0 Å². The van der Waals surface area contributed by atoms with Crippen molar-refractivity contribution in [2.75, 3.05) is 5.73 Å². The first-order valence-electron chi connectivity index (χ1n) is 8.02. The van der Waals surface area contributed by atoms with Crippen LogP contribution in [0.15, 0.2) is 11.0 Å². The van der Waals surface area contributed by atoms with Crippen molar-refractivity contribution in [2.24, 2.45) is 0 Å². The Morgan fingerprint density at radius 1 is 1.16 bits per heavy atom. The highest BCUT2D eigenvalue weighted by Crippen LogP contribution is 2.66. The molecule has 0 fully saturated rings. The van der Waals surface area contributed by atoms with Gasteiger partial charge in [0.15, 0.2) is 29.8 Å². The molecule has 0 aromatic carbocycles. The van der Waals surface area contributed by atoms with Crippen LogP contribution in [0.4, 0.5) is 14.6 Å². The van der Waals surface area contributed by atoms with Gasteiger partial charge in [-0.25, -0.2) is 27.3 Å². The maximum atomic E-state index is 14.6. The predicted molar refractivity (Wildman–Crippen MR) is 98.6 cm³/mol. The van der Waals surface area contributed by atoms with E-state index in [9.17, 15) is 37.3 Å². The minimum Gasteiger partial charge on any atom is -0.381 e. The number of phosphoric acid groups is 3. The van der Waals surface area contributed by atoms with E-state index in [0.29, 0.717) is 6.20 Å². The van der Waals surface area contributed by atoms with Gasteiger partial charge >= 0.3 is 29.2 Å². The zero-order valence-corrected chi connectivity index (χ0v) is 19.1. The van der Waals surface area contributed by atoms with Gasteiger partial charge in [-0.15, -0.1) is 0 Å². The molecule has 5 atom stereocenters. The van der Waals surface area contributed by atoms with E-state index in [2.05, 4.69) is 18.1 Å².